The zero-order chi connectivity index (χ0) is 25.6. The van der Waals surface area contributed by atoms with Crippen LogP contribution in [-0.2, 0) is 21.7 Å². The normalized spacial score (nSPS) is 21.3. The van der Waals surface area contributed by atoms with Gasteiger partial charge in [0.25, 0.3) is 0 Å². The Morgan fingerprint density at radius 3 is 2.68 bits per heavy atom. The predicted molar refractivity (Wildman–Crippen MR) is 140 cm³/mol. The minimum absolute atomic E-state index is 0.0970. The maximum absolute atomic E-state index is 12.1. The number of likely N-dealkylation sites (tertiary alicyclic amines) is 1. The highest BCUT2D eigenvalue weighted by molar-refractivity contribution is 5.89. The van der Waals surface area contributed by atoms with Crippen molar-refractivity contribution in [3.63, 3.8) is 0 Å². The summed E-state index contributed by atoms with van der Waals surface area (Å²) in [5.41, 5.74) is 3.21. The Hall–Kier alpha value is -3.46. The summed E-state index contributed by atoms with van der Waals surface area (Å²) in [6, 6.07) is 9.59. The van der Waals surface area contributed by atoms with Crippen molar-refractivity contribution in [2.24, 2.45) is 5.92 Å². The molecule has 2 N–H and O–H groups in total. The summed E-state index contributed by atoms with van der Waals surface area (Å²) in [4.78, 5) is 37.0. The molecule has 37 heavy (non-hydrogen) atoms. The van der Waals surface area contributed by atoms with Crippen LogP contribution in [0.4, 0.5) is 16.6 Å². The average molecular weight is 503 g/mol. The Kier molecular flexibility index (Phi) is 6.10. The minimum Gasteiger partial charge on any atom is -0.444 e. The molecule has 4 aliphatic rings. The highest BCUT2D eigenvalue weighted by Crippen LogP contribution is 2.49. The number of nitrogens with zero attached hydrogens (tertiary/aromatic N) is 4. The number of benzene rings is 1. The number of rotatable bonds is 10. The average Bonchev–Trinajstić information content (AvgIpc) is 3.82. The molecule has 0 spiro atoms. The first-order valence-electron chi connectivity index (χ1n) is 13.3. The van der Waals surface area contributed by atoms with Gasteiger partial charge >= 0.3 is 6.09 Å². The largest absolute Gasteiger partial charge is 0.444 e. The van der Waals surface area contributed by atoms with Crippen LogP contribution in [-0.4, -0.2) is 52.5 Å². The fourth-order valence-electron chi connectivity index (χ4n) is 5.51. The van der Waals surface area contributed by atoms with Crippen molar-refractivity contribution in [1.29, 1.82) is 0 Å². The van der Waals surface area contributed by atoms with Crippen LogP contribution in [0.3, 0.4) is 0 Å². The number of aromatic nitrogens is 2. The van der Waals surface area contributed by atoms with E-state index < -0.39 is 0 Å². The molecule has 9 heteroatoms. The zero-order valence-corrected chi connectivity index (χ0v) is 21.3. The highest BCUT2D eigenvalue weighted by Gasteiger charge is 2.45. The summed E-state index contributed by atoms with van der Waals surface area (Å²) >= 11 is 0. The third-order valence-electron chi connectivity index (χ3n) is 8.07. The number of fused-ring (bicyclic) bond motifs is 1. The lowest BCUT2D eigenvalue weighted by Crippen LogP contribution is -2.59. The molecule has 0 bridgehead atoms. The quantitative estimate of drug-likeness (QED) is 0.476. The molecule has 2 aliphatic heterocycles. The van der Waals surface area contributed by atoms with Gasteiger partial charge in [-0.15, -0.1) is 0 Å². The third-order valence-corrected chi connectivity index (χ3v) is 8.07. The van der Waals surface area contributed by atoms with Crippen LogP contribution in [0.15, 0.2) is 43.1 Å². The van der Waals surface area contributed by atoms with Gasteiger partial charge in [0.15, 0.2) is 0 Å². The molecular formula is C28H34N6O3. The molecule has 0 radical (unpaired) electrons. The number of hydrogen-bond donors (Lipinski definition) is 2. The second-order valence-corrected chi connectivity index (χ2v) is 10.7. The van der Waals surface area contributed by atoms with E-state index in [4.69, 9.17) is 4.74 Å². The lowest BCUT2D eigenvalue weighted by atomic mass is 9.93. The van der Waals surface area contributed by atoms with Crippen molar-refractivity contribution in [3.05, 3.63) is 59.8 Å². The van der Waals surface area contributed by atoms with Gasteiger partial charge in [0, 0.05) is 31.9 Å². The maximum atomic E-state index is 12.1. The van der Waals surface area contributed by atoms with Crippen molar-refractivity contribution in [2.45, 2.75) is 63.3 Å². The van der Waals surface area contributed by atoms with Crippen LogP contribution in [0.25, 0.3) is 0 Å². The minimum atomic E-state index is -0.367. The number of nitrogens with one attached hydrogen (secondary N) is 2. The van der Waals surface area contributed by atoms with Gasteiger partial charge in [-0.3, -0.25) is 14.6 Å². The first-order valence-corrected chi connectivity index (χ1v) is 13.3. The number of carbonyl (C=O) groups excluding carboxylic acids is 2. The van der Waals surface area contributed by atoms with Crippen LogP contribution >= 0.6 is 0 Å². The summed E-state index contributed by atoms with van der Waals surface area (Å²) < 4.78 is 5.21. The molecule has 1 saturated heterocycles. The number of cyclic esters (lactones) is 1. The van der Waals surface area contributed by atoms with Crippen LogP contribution in [0.2, 0.25) is 0 Å². The second kappa shape index (κ2) is 9.45. The third kappa shape index (κ3) is 4.80. The van der Waals surface area contributed by atoms with E-state index in [0.717, 1.165) is 37.4 Å². The lowest BCUT2D eigenvalue weighted by molar-refractivity contribution is -0.118. The molecule has 2 saturated carbocycles. The molecule has 1 unspecified atom stereocenters. The number of anilines is 2. The van der Waals surface area contributed by atoms with Gasteiger partial charge in [-0.05, 0) is 49.3 Å². The Balaban J connectivity index is 1.16. The number of hydrogen-bond acceptors (Lipinski definition) is 7. The van der Waals surface area contributed by atoms with Crippen LogP contribution in [0.1, 0.15) is 61.8 Å². The highest BCUT2D eigenvalue weighted by atomic mass is 16.6. The van der Waals surface area contributed by atoms with E-state index >= 15 is 0 Å². The van der Waals surface area contributed by atoms with Crippen LogP contribution in [0, 0.1) is 5.92 Å². The van der Waals surface area contributed by atoms with Crippen LogP contribution < -0.4 is 15.5 Å². The van der Waals surface area contributed by atoms with Gasteiger partial charge < -0.3 is 15.4 Å². The molecule has 194 valence electrons. The van der Waals surface area contributed by atoms with Crippen molar-refractivity contribution < 1.29 is 14.3 Å². The van der Waals surface area contributed by atoms with Gasteiger partial charge in [-0.1, -0.05) is 43.7 Å². The van der Waals surface area contributed by atoms with E-state index in [1.54, 1.807) is 11.1 Å². The Labute approximate surface area is 217 Å². The Morgan fingerprint density at radius 2 is 2.03 bits per heavy atom. The van der Waals surface area contributed by atoms with Crippen LogP contribution in [0.5, 0.6) is 0 Å². The Morgan fingerprint density at radius 1 is 1.27 bits per heavy atom. The van der Waals surface area contributed by atoms with Gasteiger partial charge in [0.2, 0.25) is 11.9 Å². The molecule has 2 aromatic rings. The first kappa shape index (κ1) is 23.9. The lowest BCUT2D eigenvalue weighted by Gasteiger charge is -2.45. The van der Waals surface area contributed by atoms with Crippen molar-refractivity contribution >= 4 is 23.8 Å². The molecule has 1 atom stereocenters. The monoisotopic (exact) mass is 502 g/mol. The van der Waals surface area contributed by atoms with E-state index in [0.29, 0.717) is 24.4 Å². The molecule has 3 fully saturated rings. The smallest absolute Gasteiger partial charge is 0.415 e. The topological polar surface area (TPSA) is 99.7 Å². The molecular weight excluding hydrogens is 468 g/mol. The summed E-state index contributed by atoms with van der Waals surface area (Å²) in [5, 5.41) is 6.57. The van der Waals surface area contributed by atoms with E-state index in [1.165, 1.54) is 36.5 Å². The van der Waals surface area contributed by atoms with Gasteiger partial charge in [-0.25, -0.2) is 9.78 Å². The molecule has 2 amide bonds. The van der Waals surface area contributed by atoms with Gasteiger partial charge in [0.05, 0.1) is 17.1 Å². The van der Waals surface area contributed by atoms with E-state index in [1.807, 2.05) is 6.92 Å². The van der Waals surface area contributed by atoms with Gasteiger partial charge in [-0.2, -0.15) is 4.98 Å². The number of ether oxygens (including phenoxy) is 1. The Bertz CT molecular complexity index is 1200. The van der Waals surface area contributed by atoms with Gasteiger partial charge in [0.1, 0.15) is 12.4 Å². The van der Waals surface area contributed by atoms with E-state index in [-0.39, 0.29) is 30.2 Å². The summed E-state index contributed by atoms with van der Waals surface area (Å²) in [5.74, 6) is 1.88. The first-order chi connectivity index (χ1) is 18.0. The SMILES string of the molecule is C=CC(=O)NC1CN(C(CC2CC2)c2ccc(C3(Nc4ncc5c(n4)N(CC)C(=O)OC5)CC3)cc2)C1. The summed E-state index contributed by atoms with van der Waals surface area (Å²) in [7, 11) is 0. The molecule has 3 heterocycles. The fourth-order valence-corrected chi connectivity index (χ4v) is 5.51. The predicted octanol–water partition coefficient (Wildman–Crippen LogP) is 3.88. The molecule has 1 aromatic heterocycles. The fraction of sp³-hybridized carbons (Fsp3) is 0.500. The number of amides is 2. The van der Waals surface area contributed by atoms with E-state index in [9.17, 15) is 9.59 Å². The standard InChI is InChI=1S/C28H34N6O3/c1-3-24(35)30-22-15-33(16-22)23(13-18-5-6-18)19-7-9-21(10-8-19)28(11-12-28)32-26-29-14-20-17-37-27(36)34(4-2)25(20)31-26/h3,7-10,14,18,22-23H,1,4-6,11-13,15-17H2,2H3,(H,30,35)(H,29,31,32). The maximum Gasteiger partial charge on any atom is 0.415 e. The second-order valence-electron chi connectivity index (χ2n) is 10.7. The van der Waals surface area contributed by atoms with Crippen molar-refractivity contribution in [1.82, 2.24) is 20.2 Å². The molecule has 9 nitrogen and oxygen atoms in total. The van der Waals surface area contributed by atoms with Crippen molar-refractivity contribution in [3.8, 4) is 0 Å². The molecule has 2 aliphatic carbocycles. The van der Waals surface area contributed by atoms with Crippen molar-refractivity contribution in [2.75, 3.05) is 29.9 Å². The van der Waals surface area contributed by atoms with E-state index in [2.05, 4.69) is 56.3 Å². The summed E-state index contributed by atoms with van der Waals surface area (Å²) in [6.07, 6.45) is 8.55. The zero-order valence-electron chi connectivity index (χ0n) is 21.3. The molecule has 1 aromatic carbocycles. The summed E-state index contributed by atoms with van der Waals surface area (Å²) in [6.45, 7) is 7.91. The number of carbonyl (C=O) groups is 2. The molecule has 6 rings (SSSR count).